The van der Waals surface area contributed by atoms with E-state index in [0.717, 1.165) is 22.6 Å². The largest absolute Gasteiger partial charge is 0.383 e. The molecule has 0 amide bonds. The topological polar surface area (TPSA) is 27.8 Å². The molecule has 1 fully saturated rings. The highest BCUT2D eigenvalue weighted by Crippen LogP contribution is 2.34. The van der Waals surface area contributed by atoms with E-state index in [4.69, 9.17) is 11.6 Å². The number of rotatable bonds is 4. The number of H-pyrrole nitrogens is 1. The quantitative estimate of drug-likeness (QED) is 0.850. The highest BCUT2D eigenvalue weighted by molar-refractivity contribution is 6.32. The molecule has 0 radical (unpaired) electrons. The molecule has 1 aromatic heterocycles. The summed E-state index contributed by atoms with van der Waals surface area (Å²) < 4.78 is 0. The SMILES string of the molecule is C=C(NCc1cc2cc(Cl)c(C)cc2[nH]1)C1CC1. The smallest absolute Gasteiger partial charge is 0.0548 e. The van der Waals surface area contributed by atoms with Crippen molar-refractivity contribution in [3.05, 3.63) is 46.8 Å². The lowest BCUT2D eigenvalue weighted by Gasteiger charge is -2.06. The van der Waals surface area contributed by atoms with Crippen molar-refractivity contribution in [2.45, 2.75) is 26.3 Å². The lowest BCUT2D eigenvalue weighted by atomic mass is 10.2. The third-order valence-electron chi connectivity index (χ3n) is 3.53. The molecule has 2 aromatic rings. The van der Waals surface area contributed by atoms with Gasteiger partial charge in [-0.2, -0.15) is 0 Å². The summed E-state index contributed by atoms with van der Waals surface area (Å²) >= 11 is 6.13. The summed E-state index contributed by atoms with van der Waals surface area (Å²) in [7, 11) is 0. The molecule has 2 nitrogen and oxygen atoms in total. The van der Waals surface area contributed by atoms with Gasteiger partial charge in [0.2, 0.25) is 0 Å². The van der Waals surface area contributed by atoms with Crippen molar-refractivity contribution in [3.63, 3.8) is 0 Å². The van der Waals surface area contributed by atoms with Gasteiger partial charge in [0, 0.05) is 27.3 Å². The summed E-state index contributed by atoms with van der Waals surface area (Å²) in [5.41, 5.74) is 4.59. The Labute approximate surface area is 112 Å². The summed E-state index contributed by atoms with van der Waals surface area (Å²) in [5.74, 6) is 0.700. The summed E-state index contributed by atoms with van der Waals surface area (Å²) in [6.45, 7) is 6.90. The summed E-state index contributed by atoms with van der Waals surface area (Å²) in [4.78, 5) is 3.42. The van der Waals surface area contributed by atoms with Crippen molar-refractivity contribution < 1.29 is 0 Å². The maximum atomic E-state index is 6.13. The van der Waals surface area contributed by atoms with Crippen LogP contribution in [0.1, 0.15) is 24.1 Å². The number of fused-ring (bicyclic) bond motifs is 1. The Morgan fingerprint density at radius 2 is 2.22 bits per heavy atom. The van der Waals surface area contributed by atoms with E-state index in [2.05, 4.69) is 29.0 Å². The number of hydrogen-bond donors (Lipinski definition) is 2. The average Bonchev–Trinajstić information content (AvgIpc) is 3.10. The third-order valence-corrected chi connectivity index (χ3v) is 3.94. The van der Waals surface area contributed by atoms with Gasteiger partial charge in [0.25, 0.3) is 0 Å². The molecule has 1 heterocycles. The summed E-state index contributed by atoms with van der Waals surface area (Å²) in [6, 6.07) is 6.26. The Morgan fingerprint density at radius 3 is 2.94 bits per heavy atom. The summed E-state index contributed by atoms with van der Waals surface area (Å²) in [6.07, 6.45) is 2.57. The lowest BCUT2D eigenvalue weighted by molar-refractivity contribution is 0.737. The number of nitrogens with one attached hydrogen (secondary N) is 2. The van der Waals surface area contributed by atoms with Crippen molar-refractivity contribution in [1.29, 1.82) is 0 Å². The molecule has 0 atom stereocenters. The zero-order valence-corrected chi connectivity index (χ0v) is 11.3. The van der Waals surface area contributed by atoms with E-state index in [-0.39, 0.29) is 0 Å². The molecule has 0 aliphatic heterocycles. The Balaban J connectivity index is 1.78. The fraction of sp³-hybridized carbons (Fsp3) is 0.333. The minimum absolute atomic E-state index is 0.700. The first-order valence-electron chi connectivity index (χ1n) is 6.34. The van der Waals surface area contributed by atoms with Crippen LogP contribution in [0.3, 0.4) is 0 Å². The lowest BCUT2D eigenvalue weighted by Crippen LogP contribution is -2.13. The monoisotopic (exact) mass is 260 g/mol. The maximum Gasteiger partial charge on any atom is 0.0548 e. The normalized spacial score (nSPS) is 15.0. The minimum Gasteiger partial charge on any atom is -0.383 e. The van der Waals surface area contributed by atoms with Gasteiger partial charge in [-0.15, -0.1) is 0 Å². The summed E-state index contributed by atoms with van der Waals surface area (Å²) in [5, 5.41) is 5.38. The van der Waals surface area contributed by atoms with Crippen molar-refractivity contribution >= 4 is 22.5 Å². The Bertz CT molecular complexity index is 569. The predicted octanol–water partition coefficient (Wildman–Crippen LogP) is 4.14. The standard InChI is InChI=1S/C15H17ClN2/c1-9-5-15-12(7-14(9)16)6-13(18-15)8-17-10(2)11-3-4-11/h5-7,11,17-18H,2-4,8H2,1H3. The second kappa shape index (κ2) is 4.36. The number of allylic oxidation sites excluding steroid dienone is 1. The van der Waals surface area contributed by atoms with Gasteiger partial charge >= 0.3 is 0 Å². The first kappa shape index (κ1) is 11.7. The Hall–Kier alpha value is -1.41. The number of aromatic amines is 1. The molecule has 3 heteroatoms. The van der Waals surface area contributed by atoms with Crippen molar-refractivity contribution in [3.8, 4) is 0 Å². The molecule has 1 aliphatic rings. The van der Waals surface area contributed by atoms with E-state index >= 15 is 0 Å². The van der Waals surface area contributed by atoms with E-state index < -0.39 is 0 Å². The molecule has 2 N–H and O–H groups in total. The van der Waals surface area contributed by atoms with Crippen LogP contribution in [0.4, 0.5) is 0 Å². The van der Waals surface area contributed by atoms with Crippen LogP contribution in [0.2, 0.25) is 5.02 Å². The van der Waals surface area contributed by atoms with Crippen molar-refractivity contribution in [2.24, 2.45) is 5.92 Å². The number of benzene rings is 1. The van der Waals surface area contributed by atoms with E-state index in [1.54, 1.807) is 0 Å². The van der Waals surface area contributed by atoms with Gasteiger partial charge in [0.15, 0.2) is 0 Å². The second-order valence-corrected chi connectivity index (χ2v) is 5.54. The minimum atomic E-state index is 0.700. The first-order chi connectivity index (χ1) is 8.63. The van der Waals surface area contributed by atoms with Crippen LogP contribution < -0.4 is 5.32 Å². The van der Waals surface area contributed by atoms with E-state index in [1.807, 2.05) is 13.0 Å². The Kier molecular flexibility index (Phi) is 2.83. The molecule has 0 bridgehead atoms. The van der Waals surface area contributed by atoms with Crippen molar-refractivity contribution in [1.82, 2.24) is 10.3 Å². The predicted molar refractivity (Wildman–Crippen MR) is 76.7 cm³/mol. The van der Waals surface area contributed by atoms with Crippen LogP contribution in [0, 0.1) is 12.8 Å². The highest BCUT2D eigenvalue weighted by atomic mass is 35.5. The number of halogens is 1. The van der Waals surface area contributed by atoms with Crippen LogP contribution in [0.5, 0.6) is 0 Å². The van der Waals surface area contributed by atoms with Gasteiger partial charge in [0.05, 0.1) is 6.54 Å². The molecule has 1 saturated carbocycles. The van der Waals surface area contributed by atoms with Crippen LogP contribution in [0.25, 0.3) is 10.9 Å². The van der Waals surface area contributed by atoms with Gasteiger partial charge in [0.1, 0.15) is 0 Å². The van der Waals surface area contributed by atoms with E-state index in [1.165, 1.54) is 29.6 Å². The Morgan fingerprint density at radius 1 is 1.44 bits per heavy atom. The fourth-order valence-electron chi connectivity index (χ4n) is 2.20. The van der Waals surface area contributed by atoms with Crippen LogP contribution in [-0.4, -0.2) is 4.98 Å². The molecule has 0 unspecified atom stereocenters. The zero-order valence-electron chi connectivity index (χ0n) is 10.5. The van der Waals surface area contributed by atoms with E-state index in [9.17, 15) is 0 Å². The molecule has 1 aromatic carbocycles. The van der Waals surface area contributed by atoms with Gasteiger partial charge in [-0.25, -0.2) is 0 Å². The molecular formula is C15H17ClN2. The van der Waals surface area contributed by atoms with Gasteiger partial charge in [-0.1, -0.05) is 18.2 Å². The number of aromatic nitrogens is 1. The van der Waals surface area contributed by atoms with Crippen LogP contribution in [-0.2, 0) is 6.54 Å². The molecular weight excluding hydrogens is 244 g/mol. The average molecular weight is 261 g/mol. The molecule has 1 aliphatic carbocycles. The molecule has 18 heavy (non-hydrogen) atoms. The third kappa shape index (κ3) is 2.25. The first-order valence-corrected chi connectivity index (χ1v) is 6.71. The van der Waals surface area contributed by atoms with Crippen LogP contribution >= 0.6 is 11.6 Å². The molecule has 3 rings (SSSR count). The fourth-order valence-corrected chi connectivity index (χ4v) is 2.37. The number of aryl methyl sites for hydroxylation is 1. The molecule has 0 saturated heterocycles. The van der Waals surface area contributed by atoms with Crippen molar-refractivity contribution in [2.75, 3.05) is 0 Å². The van der Waals surface area contributed by atoms with E-state index in [0.29, 0.717) is 5.92 Å². The second-order valence-electron chi connectivity index (χ2n) is 5.14. The van der Waals surface area contributed by atoms with Gasteiger partial charge < -0.3 is 10.3 Å². The maximum absolute atomic E-state index is 6.13. The van der Waals surface area contributed by atoms with Gasteiger partial charge in [-0.3, -0.25) is 0 Å². The van der Waals surface area contributed by atoms with Gasteiger partial charge in [-0.05, 0) is 49.4 Å². The van der Waals surface area contributed by atoms with Crippen LogP contribution in [0.15, 0.2) is 30.5 Å². The molecule has 0 spiro atoms. The zero-order chi connectivity index (χ0) is 12.7. The molecule has 94 valence electrons. The highest BCUT2D eigenvalue weighted by Gasteiger charge is 2.24. The number of hydrogen-bond acceptors (Lipinski definition) is 1.